The summed E-state index contributed by atoms with van der Waals surface area (Å²) in [7, 11) is 1.67. The highest BCUT2D eigenvalue weighted by Gasteiger charge is 2.44. The first kappa shape index (κ1) is 32.0. The van der Waals surface area contributed by atoms with Gasteiger partial charge in [-0.05, 0) is 63.1 Å². The van der Waals surface area contributed by atoms with Crippen molar-refractivity contribution in [3.63, 3.8) is 0 Å². The quantitative estimate of drug-likeness (QED) is 0.311. The third kappa shape index (κ3) is 7.46. The highest BCUT2D eigenvalue weighted by Crippen LogP contribution is 2.46. The van der Waals surface area contributed by atoms with E-state index in [0.29, 0.717) is 57.8 Å². The second kappa shape index (κ2) is 14.1. The summed E-state index contributed by atoms with van der Waals surface area (Å²) >= 11 is 0. The van der Waals surface area contributed by atoms with E-state index in [1.54, 1.807) is 13.2 Å². The van der Waals surface area contributed by atoms with Crippen LogP contribution in [0.3, 0.4) is 0 Å². The van der Waals surface area contributed by atoms with Crippen LogP contribution in [0.1, 0.15) is 57.8 Å². The smallest absolute Gasteiger partial charge is 0.228 e. The van der Waals surface area contributed by atoms with Gasteiger partial charge in [-0.15, -0.1) is 0 Å². The van der Waals surface area contributed by atoms with Crippen LogP contribution in [0.4, 0.5) is 8.78 Å². The van der Waals surface area contributed by atoms with Crippen molar-refractivity contribution in [1.82, 2.24) is 20.4 Å². The third-order valence-electron chi connectivity index (χ3n) is 10.3. The molecule has 0 aromatic carbocycles. The number of carbonyl (C=O) groups excluding carboxylic acids is 2. The molecule has 4 unspecified atom stereocenters. The van der Waals surface area contributed by atoms with E-state index in [4.69, 9.17) is 16.2 Å². The normalized spacial score (nSPS) is 30.8. The number of amides is 2. The van der Waals surface area contributed by atoms with Crippen molar-refractivity contribution in [3.8, 4) is 0 Å². The number of aliphatic imine (C=N–C) groups is 1. The number of methoxy groups -OCH3 is 1. The fourth-order valence-corrected chi connectivity index (χ4v) is 7.93. The molecule has 1 aliphatic carbocycles. The van der Waals surface area contributed by atoms with Gasteiger partial charge in [-0.2, -0.15) is 0 Å². The average Bonchev–Trinajstić information content (AvgIpc) is 2.96. The number of ether oxygens (including phenoxy) is 1. The first-order valence-corrected chi connectivity index (χ1v) is 16.0. The Kier molecular flexibility index (Phi) is 10.5. The maximum absolute atomic E-state index is 15.4. The van der Waals surface area contributed by atoms with Crippen LogP contribution in [-0.2, 0) is 14.3 Å². The minimum Gasteiger partial charge on any atom is -0.387 e. The van der Waals surface area contributed by atoms with Crippen LogP contribution in [0.15, 0.2) is 28.9 Å². The van der Waals surface area contributed by atoms with Gasteiger partial charge in [0.1, 0.15) is 11.7 Å². The Morgan fingerprint density at radius 2 is 1.91 bits per heavy atom. The van der Waals surface area contributed by atoms with E-state index in [-0.39, 0.29) is 23.1 Å². The summed E-state index contributed by atoms with van der Waals surface area (Å²) in [4.78, 5) is 35.3. The molecule has 10 nitrogen and oxygen atoms in total. The number of hydrogen-bond acceptors (Lipinski definition) is 8. The van der Waals surface area contributed by atoms with E-state index < -0.39 is 41.9 Å². The number of hydrogen-bond donors (Lipinski definition) is 4. The second-order valence-electron chi connectivity index (χ2n) is 13.4. The van der Waals surface area contributed by atoms with Gasteiger partial charge in [-0.1, -0.05) is 19.3 Å². The van der Waals surface area contributed by atoms with Gasteiger partial charge in [-0.25, -0.2) is 8.78 Å². The summed E-state index contributed by atoms with van der Waals surface area (Å²) < 4.78 is 35.1. The molecule has 1 saturated carbocycles. The monoisotopic (exact) mass is 605 g/mol. The van der Waals surface area contributed by atoms with E-state index in [2.05, 4.69) is 15.6 Å². The lowest BCUT2D eigenvalue weighted by molar-refractivity contribution is -0.145. The van der Waals surface area contributed by atoms with Crippen LogP contribution in [0, 0.1) is 23.2 Å². The number of likely N-dealkylation sites (tertiary alicyclic amines) is 2. The first-order valence-electron chi connectivity index (χ1n) is 16.0. The van der Waals surface area contributed by atoms with Crippen molar-refractivity contribution in [2.45, 2.75) is 82.1 Å². The number of allylic oxidation sites excluding steroid dienone is 2. The number of nitrogens with one attached hydrogen (secondary N) is 2. The predicted molar refractivity (Wildman–Crippen MR) is 161 cm³/mol. The summed E-state index contributed by atoms with van der Waals surface area (Å²) in [5.74, 6) is -1.58. The molecule has 43 heavy (non-hydrogen) atoms. The van der Waals surface area contributed by atoms with Crippen LogP contribution in [0.5, 0.6) is 0 Å². The van der Waals surface area contributed by atoms with E-state index in [1.807, 2.05) is 9.80 Å². The molecule has 6 N–H and O–H groups in total. The molecule has 5 rings (SSSR count). The number of nitrogens with zero attached hydrogens (tertiary/aromatic N) is 3. The molecule has 3 fully saturated rings. The topological polar surface area (TPSA) is 138 Å². The van der Waals surface area contributed by atoms with Gasteiger partial charge in [0.15, 0.2) is 0 Å². The van der Waals surface area contributed by atoms with E-state index >= 15 is 4.39 Å². The van der Waals surface area contributed by atoms with Crippen LogP contribution in [-0.4, -0.2) is 98.6 Å². The number of halogens is 2. The number of nitrogens with two attached hydrogens (primary N) is 2. The van der Waals surface area contributed by atoms with Crippen molar-refractivity contribution in [2.24, 2.45) is 39.6 Å². The molecule has 1 spiro atoms. The second-order valence-corrected chi connectivity index (χ2v) is 13.4. The summed E-state index contributed by atoms with van der Waals surface area (Å²) in [6.07, 6.45) is 10.8. The lowest BCUT2D eigenvalue weighted by Crippen LogP contribution is -2.62. The zero-order chi connectivity index (χ0) is 30.6. The lowest BCUT2D eigenvalue weighted by Gasteiger charge is -2.45. The minimum atomic E-state index is -1.02. The standard InChI is InChI=1S/C31H49F2N7O3/c1-43-19-20-17-40(18-20)30(42)21-6-11-39(12-7-21)27-23(33)15-36-16-25(27)38-29(41)26(28(34)35)24-13-31(8-3-2-4-9-31)10-5-22(32)14-37-24/h5,14-15,20-21,24-28,36H,2-4,6-13,16-19,34-35H2,1H3,(H,38,41)/b22-5+,37-14?. The molecule has 240 valence electrons. The predicted octanol–water partition coefficient (Wildman–Crippen LogP) is 1.97. The number of rotatable bonds is 8. The summed E-state index contributed by atoms with van der Waals surface area (Å²) in [5.41, 5.74) is 12.3. The zero-order valence-electron chi connectivity index (χ0n) is 25.4. The molecule has 0 radical (unpaired) electrons. The molecule has 0 aromatic heterocycles. The van der Waals surface area contributed by atoms with E-state index in [9.17, 15) is 14.0 Å². The number of carbonyl (C=O) groups is 2. The highest BCUT2D eigenvalue weighted by atomic mass is 19.1. The Labute approximate surface area is 253 Å². The lowest BCUT2D eigenvalue weighted by atomic mass is 9.66. The van der Waals surface area contributed by atoms with E-state index in [1.165, 1.54) is 12.4 Å². The van der Waals surface area contributed by atoms with Crippen molar-refractivity contribution < 1.29 is 23.1 Å². The molecule has 4 aliphatic heterocycles. The first-order chi connectivity index (χ1) is 20.7. The zero-order valence-corrected chi connectivity index (χ0v) is 25.4. The molecule has 2 saturated heterocycles. The highest BCUT2D eigenvalue weighted by molar-refractivity contribution is 5.82. The van der Waals surface area contributed by atoms with Crippen LogP contribution >= 0.6 is 0 Å². The third-order valence-corrected chi connectivity index (χ3v) is 10.3. The molecular weight excluding hydrogens is 556 g/mol. The van der Waals surface area contributed by atoms with Gasteiger partial charge in [-0.3, -0.25) is 19.5 Å². The maximum Gasteiger partial charge on any atom is 0.228 e. The molecule has 4 atom stereocenters. The van der Waals surface area contributed by atoms with Gasteiger partial charge in [0.05, 0.1) is 43.0 Å². The Balaban J connectivity index is 1.24. The van der Waals surface area contributed by atoms with Gasteiger partial charge in [0.2, 0.25) is 11.8 Å². The van der Waals surface area contributed by atoms with Crippen molar-refractivity contribution in [2.75, 3.05) is 46.4 Å². The fraction of sp³-hybridized carbons (Fsp3) is 0.774. The Bertz CT molecular complexity index is 1080. The molecular formula is C31H49F2N7O3. The van der Waals surface area contributed by atoms with Crippen LogP contribution in [0.2, 0.25) is 0 Å². The van der Waals surface area contributed by atoms with Crippen LogP contribution in [0.25, 0.3) is 0 Å². The van der Waals surface area contributed by atoms with Crippen LogP contribution < -0.4 is 22.1 Å². The molecule has 2 amide bonds. The Morgan fingerprint density at radius 3 is 2.58 bits per heavy atom. The number of piperidine rings is 1. The molecule has 0 aromatic rings. The summed E-state index contributed by atoms with van der Waals surface area (Å²) in [6, 6.07) is -1.83. The molecule has 5 aliphatic rings. The largest absolute Gasteiger partial charge is 0.387 e. The Hall–Kier alpha value is -2.41. The summed E-state index contributed by atoms with van der Waals surface area (Å²) in [6.45, 7) is 3.54. The maximum atomic E-state index is 15.4. The summed E-state index contributed by atoms with van der Waals surface area (Å²) in [5, 5.41) is 6.00. The SMILES string of the molecule is COCC1CN(C(=O)C2CCN(C3C(F)=CNCC3NC(=O)C(C(N)N)C3CC4(C/C=C(/F)C=N3)CCCCC4)CC2)C1. The average molecular weight is 606 g/mol. The van der Waals surface area contributed by atoms with Gasteiger partial charge >= 0.3 is 0 Å². The Morgan fingerprint density at radius 1 is 1.19 bits per heavy atom. The molecule has 4 heterocycles. The van der Waals surface area contributed by atoms with Crippen molar-refractivity contribution >= 4 is 18.0 Å². The van der Waals surface area contributed by atoms with Gasteiger partial charge in [0.25, 0.3) is 0 Å². The van der Waals surface area contributed by atoms with Gasteiger partial charge < -0.3 is 31.7 Å². The van der Waals surface area contributed by atoms with Gasteiger partial charge in [0, 0.05) is 44.8 Å². The minimum absolute atomic E-state index is 0.0834. The molecule has 12 heteroatoms. The van der Waals surface area contributed by atoms with Crippen molar-refractivity contribution in [3.05, 3.63) is 23.9 Å². The fourth-order valence-electron chi connectivity index (χ4n) is 7.93. The van der Waals surface area contributed by atoms with Crippen molar-refractivity contribution in [1.29, 1.82) is 0 Å². The molecule has 0 bridgehead atoms. The van der Waals surface area contributed by atoms with E-state index in [0.717, 1.165) is 45.2 Å².